The van der Waals surface area contributed by atoms with Crippen LogP contribution in [-0.4, -0.2) is 14.5 Å². The van der Waals surface area contributed by atoms with Gasteiger partial charge in [-0.25, -0.2) is 9.37 Å². The summed E-state index contributed by atoms with van der Waals surface area (Å²) in [5, 5.41) is 11.7. The van der Waals surface area contributed by atoms with Gasteiger partial charge in [0.15, 0.2) is 5.16 Å². The number of nitro groups is 1. The van der Waals surface area contributed by atoms with Crippen LogP contribution in [-0.2, 0) is 5.75 Å². The molecule has 6 nitrogen and oxygen atoms in total. The summed E-state index contributed by atoms with van der Waals surface area (Å²) in [5.41, 5.74) is 0.930. The van der Waals surface area contributed by atoms with Gasteiger partial charge in [0.2, 0.25) is 0 Å². The molecule has 0 spiro atoms. The van der Waals surface area contributed by atoms with Crippen molar-refractivity contribution in [3.8, 4) is 5.69 Å². The third-order valence-corrected chi connectivity index (χ3v) is 5.34. The van der Waals surface area contributed by atoms with E-state index in [0.717, 1.165) is 0 Å². The average Bonchev–Trinajstić information content (AvgIpc) is 2.73. The summed E-state index contributed by atoms with van der Waals surface area (Å²) >= 11 is 1.22. The second-order valence-corrected chi connectivity index (χ2v) is 7.16. The molecule has 0 atom stereocenters. The lowest BCUT2D eigenvalue weighted by atomic mass is 10.2. The number of fused-ring (bicyclic) bond motifs is 1. The summed E-state index contributed by atoms with van der Waals surface area (Å²) in [6.45, 7) is 0. The van der Waals surface area contributed by atoms with Crippen LogP contribution in [0.3, 0.4) is 0 Å². The maximum absolute atomic E-state index is 14.5. The maximum Gasteiger partial charge on any atom is 0.269 e. The van der Waals surface area contributed by atoms with Gasteiger partial charge in [-0.1, -0.05) is 48.2 Å². The number of hydrogen-bond donors (Lipinski definition) is 0. The van der Waals surface area contributed by atoms with Crippen molar-refractivity contribution in [2.45, 2.75) is 10.9 Å². The fourth-order valence-corrected chi connectivity index (χ4v) is 3.91. The van der Waals surface area contributed by atoms with Crippen molar-refractivity contribution in [3.05, 3.63) is 105 Å². The standard InChI is InChI=1S/C21H14FN3O3S/c22-17-9-2-4-11-19(17)24-20(26)16-8-1-3-10-18(16)23-21(24)29-13-14-6-5-7-15(12-14)25(27)28/h1-12H,13H2. The van der Waals surface area contributed by atoms with Crippen LogP contribution in [0.2, 0.25) is 0 Å². The first-order valence-corrected chi connectivity index (χ1v) is 9.66. The summed E-state index contributed by atoms with van der Waals surface area (Å²) < 4.78 is 15.7. The molecule has 29 heavy (non-hydrogen) atoms. The van der Waals surface area contributed by atoms with Crippen LogP contribution in [0.4, 0.5) is 10.1 Å². The number of nitrogens with zero attached hydrogens (tertiary/aromatic N) is 3. The first-order valence-electron chi connectivity index (χ1n) is 8.67. The van der Waals surface area contributed by atoms with E-state index < -0.39 is 10.7 Å². The summed E-state index contributed by atoms with van der Waals surface area (Å²) in [7, 11) is 0. The lowest BCUT2D eigenvalue weighted by Gasteiger charge is -2.13. The molecule has 1 aromatic heterocycles. The molecule has 144 valence electrons. The minimum Gasteiger partial charge on any atom is -0.268 e. The molecule has 0 aliphatic carbocycles. The molecule has 0 aliphatic rings. The average molecular weight is 407 g/mol. The molecule has 3 aromatic carbocycles. The quantitative estimate of drug-likeness (QED) is 0.207. The Morgan fingerprint density at radius 3 is 2.59 bits per heavy atom. The van der Waals surface area contributed by atoms with Gasteiger partial charge in [-0.3, -0.25) is 19.5 Å². The summed E-state index contributed by atoms with van der Waals surface area (Å²) in [6.07, 6.45) is 0. The smallest absolute Gasteiger partial charge is 0.268 e. The van der Waals surface area contributed by atoms with Crippen LogP contribution in [0, 0.1) is 15.9 Å². The van der Waals surface area contributed by atoms with Gasteiger partial charge in [-0.15, -0.1) is 0 Å². The Hall–Kier alpha value is -3.52. The molecule has 1 heterocycles. The van der Waals surface area contributed by atoms with Crippen LogP contribution < -0.4 is 5.56 Å². The molecule has 0 unspecified atom stereocenters. The molecule has 0 aliphatic heterocycles. The van der Waals surface area contributed by atoms with Gasteiger partial charge in [-0.05, 0) is 29.8 Å². The van der Waals surface area contributed by atoms with Crippen molar-refractivity contribution in [1.82, 2.24) is 9.55 Å². The molecule has 0 amide bonds. The van der Waals surface area contributed by atoms with Crippen molar-refractivity contribution in [2.75, 3.05) is 0 Å². The minimum atomic E-state index is -0.538. The summed E-state index contributed by atoms with van der Waals surface area (Å²) in [4.78, 5) is 28.2. The second kappa shape index (κ2) is 7.84. The van der Waals surface area contributed by atoms with E-state index >= 15 is 0 Å². The number of nitro benzene ring substituents is 1. The molecule has 0 bridgehead atoms. The predicted octanol–water partition coefficient (Wildman–Crippen LogP) is 4.73. The van der Waals surface area contributed by atoms with Crippen molar-refractivity contribution in [1.29, 1.82) is 0 Å². The zero-order valence-corrected chi connectivity index (χ0v) is 15.8. The lowest BCUT2D eigenvalue weighted by molar-refractivity contribution is -0.384. The Kier molecular flexibility index (Phi) is 5.09. The van der Waals surface area contributed by atoms with E-state index in [4.69, 9.17) is 0 Å². The highest BCUT2D eigenvalue weighted by Gasteiger charge is 2.16. The molecule has 0 N–H and O–H groups in total. The third-order valence-electron chi connectivity index (χ3n) is 4.33. The van der Waals surface area contributed by atoms with Gasteiger partial charge in [0, 0.05) is 17.9 Å². The number of aromatic nitrogens is 2. The Balaban J connectivity index is 1.82. The molecule has 0 saturated carbocycles. The Bertz CT molecular complexity index is 1290. The number of rotatable bonds is 5. The zero-order chi connectivity index (χ0) is 20.4. The molecule has 4 aromatic rings. The monoisotopic (exact) mass is 407 g/mol. The highest BCUT2D eigenvalue weighted by Crippen LogP contribution is 2.26. The fourth-order valence-electron chi connectivity index (χ4n) is 2.96. The minimum absolute atomic E-state index is 0.0129. The number of hydrogen-bond acceptors (Lipinski definition) is 5. The van der Waals surface area contributed by atoms with Crippen LogP contribution >= 0.6 is 11.8 Å². The van der Waals surface area contributed by atoms with Gasteiger partial charge >= 0.3 is 0 Å². The number of non-ortho nitro benzene ring substituents is 1. The van der Waals surface area contributed by atoms with Crippen molar-refractivity contribution in [3.63, 3.8) is 0 Å². The van der Waals surface area contributed by atoms with Crippen LogP contribution in [0.15, 0.2) is 82.7 Å². The fraction of sp³-hybridized carbons (Fsp3) is 0.0476. The van der Waals surface area contributed by atoms with E-state index in [1.807, 2.05) is 0 Å². The summed E-state index contributed by atoms with van der Waals surface area (Å²) in [6, 6.07) is 19.1. The Morgan fingerprint density at radius 2 is 1.79 bits per heavy atom. The number of para-hydroxylation sites is 2. The molecule has 8 heteroatoms. The van der Waals surface area contributed by atoms with Crippen LogP contribution in [0.1, 0.15) is 5.56 Å². The molecular weight excluding hydrogens is 393 g/mol. The largest absolute Gasteiger partial charge is 0.269 e. The normalized spacial score (nSPS) is 10.9. The van der Waals surface area contributed by atoms with Gasteiger partial charge in [0.05, 0.1) is 21.5 Å². The number of halogens is 1. The third kappa shape index (κ3) is 3.74. The van der Waals surface area contributed by atoms with Crippen LogP contribution in [0.5, 0.6) is 0 Å². The van der Waals surface area contributed by atoms with E-state index in [1.165, 1.54) is 40.6 Å². The molecule has 0 saturated heterocycles. The Labute approximate surface area is 168 Å². The van der Waals surface area contributed by atoms with Crippen molar-refractivity contribution >= 4 is 28.4 Å². The zero-order valence-electron chi connectivity index (χ0n) is 15.0. The highest BCUT2D eigenvalue weighted by molar-refractivity contribution is 7.98. The predicted molar refractivity (Wildman–Crippen MR) is 110 cm³/mol. The molecule has 0 radical (unpaired) electrons. The van der Waals surface area contributed by atoms with E-state index in [1.54, 1.807) is 48.5 Å². The van der Waals surface area contributed by atoms with Crippen molar-refractivity contribution in [2.24, 2.45) is 0 Å². The van der Waals surface area contributed by atoms with E-state index in [9.17, 15) is 19.3 Å². The first kappa shape index (κ1) is 18.8. The molecular formula is C21H14FN3O3S. The second-order valence-electron chi connectivity index (χ2n) is 6.22. The van der Waals surface area contributed by atoms with Gasteiger partial charge in [0.25, 0.3) is 11.2 Å². The van der Waals surface area contributed by atoms with E-state index in [0.29, 0.717) is 27.4 Å². The number of benzene rings is 3. The lowest BCUT2D eigenvalue weighted by Crippen LogP contribution is -2.22. The van der Waals surface area contributed by atoms with Crippen molar-refractivity contribution < 1.29 is 9.31 Å². The van der Waals surface area contributed by atoms with E-state index in [2.05, 4.69) is 4.98 Å². The number of thioether (sulfide) groups is 1. The highest BCUT2D eigenvalue weighted by atomic mass is 32.2. The van der Waals surface area contributed by atoms with Gasteiger partial charge in [0.1, 0.15) is 5.82 Å². The maximum atomic E-state index is 14.5. The Morgan fingerprint density at radius 1 is 1.03 bits per heavy atom. The van der Waals surface area contributed by atoms with Crippen LogP contribution in [0.25, 0.3) is 16.6 Å². The van der Waals surface area contributed by atoms with Gasteiger partial charge in [-0.2, -0.15) is 0 Å². The first-order chi connectivity index (χ1) is 14.0. The SMILES string of the molecule is O=c1c2ccccc2nc(SCc2cccc([N+](=O)[O-])c2)n1-c1ccccc1F. The van der Waals surface area contributed by atoms with E-state index in [-0.39, 0.29) is 16.9 Å². The van der Waals surface area contributed by atoms with Gasteiger partial charge < -0.3 is 0 Å². The topological polar surface area (TPSA) is 78.0 Å². The molecule has 0 fully saturated rings. The molecule has 4 rings (SSSR count). The summed E-state index contributed by atoms with van der Waals surface area (Å²) in [5.74, 6) is -0.204.